The van der Waals surface area contributed by atoms with Crippen LogP contribution in [0.2, 0.25) is 0 Å². The molecule has 114 valence electrons. The van der Waals surface area contributed by atoms with Crippen molar-refractivity contribution < 1.29 is 19.4 Å². The zero-order valence-corrected chi connectivity index (χ0v) is 12.0. The molecular formula is C16H21NO4. The van der Waals surface area contributed by atoms with Gasteiger partial charge in [0.1, 0.15) is 0 Å². The van der Waals surface area contributed by atoms with Gasteiger partial charge in [-0.25, -0.2) is 0 Å². The number of rotatable bonds is 8. The van der Waals surface area contributed by atoms with E-state index in [-0.39, 0.29) is 18.7 Å². The molecule has 0 spiro atoms. The Labute approximate surface area is 124 Å². The third-order valence-corrected chi connectivity index (χ3v) is 3.79. The summed E-state index contributed by atoms with van der Waals surface area (Å²) in [5.41, 5.74) is 0.543. The number of amides is 1. The average Bonchev–Trinajstić information content (AvgIpc) is 2.42. The topological polar surface area (TPSA) is 75.6 Å². The van der Waals surface area contributed by atoms with E-state index in [9.17, 15) is 9.59 Å². The molecule has 1 amide bonds. The van der Waals surface area contributed by atoms with Crippen molar-refractivity contribution >= 4 is 11.9 Å². The first-order chi connectivity index (χ1) is 10.1. The fourth-order valence-corrected chi connectivity index (χ4v) is 2.53. The SMILES string of the molecule is O=C(O)CC1(NC(=O)CCOCc2ccccc2)CCC1. The first kappa shape index (κ1) is 15.5. The minimum atomic E-state index is -0.865. The van der Waals surface area contributed by atoms with Gasteiger partial charge in [-0.3, -0.25) is 9.59 Å². The molecule has 0 bridgehead atoms. The number of benzene rings is 1. The van der Waals surface area contributed by atoms with Gasteiger partial charge in [0.15, 0.2) is 0 Å². The van der Waals surface area contributed by atoms with Crippen molar-refractivity contribution in [3.05, 3.63) is 35.9 Å². The van der Waals surface area contributed by atoms with Crippen molar-refractivity contribution in [3.63, 3.8) is 0 Å². The maximum absolute atomic E-state index is 11.9. The molecule has 5 heteroatoms. The standard InChI is InChI=1S/C16H21NO4/c18-14(17-16(8-4-9-16)11-15(19)20)7-10-21-12-13-5-2-1-3-6-13/h1-3,5-6H,4,7-12H2,(H,17,18)(H,19,20). The molecule has 1 aromatic carbocycles. The summed E-state index contributed by atoms with van der Waals surface area (Å²) in [6.07, 6.45) is 2.72. The van der Waals surface area contributed by atoms with E-state index < -0.39 is 11.5 Å². The number of hydrogen-bond donors (Lipinski definition) is 2. The highest BCUT2D eigenvalue weighted by Crippen LogP contribution is 2.34. The molecule has 0 heterocycles. The number of hydrogen-bond acceptors (Lipinski definition) is 3. The first-order valence-electron chi connectivity index (χ1n) is 7.24. The molecule has 5 nitrogen and oxygen atoms in total. The number of aliphatic carboxylic acids is 1. The molecule has 0 unspecified atom stereocenters. The minimum absolute atomic E-state index is 0.00358. The second-order valence-electron chi connectivity index (χ2n) is 5.54. The van der Waals surface area contributed by atoms with E-state index in [0.717, 1.165) is 24.8 Å². The number of carboxylic acids is 1. The molecule has 0 radical (unpaired) electrons. The van der Waals surface area contributed by atoms with Crippen molar-refractivity contribution in [1.82, 2.24) is 5.32 Å². The largest absolute Gasteiger partial charge is 0.481 e. The monoisotopic (exact) mass is 291 g/mol. The van der Waals surface area contributed by atoms with Crippen LogP contribution in [-0.2, 0) is 20.9 Å². The normalized spacial score (nSPS) is 16.0. The van der Waals surface area contributed by atoms with E-state index in [4.69, 9.17) is 9.84 Å². The molecule has 2 N–H and O–H groups in total. The van der Waals surface area contributed by atoms with Crippen molar-refractivity contribution in [2.45, 2.75) is 44.2 Å². The highest BCUT2D eigenvalue weighted by atomic mass is 16.5. The van der Waals surface area contributed by atoms with Gasteiger partial charge in [0, 0.05) is 6.42 Å². The number of nitrogens with one attached hydrogen (secondary N) is 1. The summed E-state index contributed by atoms with van der Waals surface area (Å²) in [6, 6.07) is 9.76. The van der Waals surface area contributed by atoms with E-state index in [1.807, 2.05) is 30.3 Å². The van der Waals surface area contributed by atoms with Crippen LogP contribution in [-0.4, -0.2) is 29.1 Å². The second-order valence-corrected chi connectivity index (χ2v) is 5.54. The lowest BCUT2D eigenvalue weighted by molar-refractivity contribution is -0.140. The van der Waals surface area contributed by atoms with Crippen LogP contribution in [0, 0.1) is 0 Å². The van der Waals surface area contributed by atoms with Crippen LogP contribution in [0.5, 0.6) is 0 Å². The van der Waals surface area contributed by atoms with Gasteiger partial charge >= 0.3 is 5.97 Å². The van der Waals surface area contributed by atoms with E-state index in [2.05, 4.69) is 5.32 Å². The van der Waals surface area contributed by atoms with Crippen LogP contribution in [0.25, 0.3) is 0 Å². The van der Waals surface area contributed by atoms with Gasteiger partial charge in [-0.2, -0.15) is 0 Å². The van der Waals surface area contributed by atoms with E-state index >= 15 is 0 Å². The van der Waals surface area contributed by atoms with Crippen LogP contribution in [0.4, 0.5) is 0 Å². The number of carbonyl (C=O) groups excluding carboxylic acids is 1. The van der Waals surface area contributed by atoms with E-state index in [1.54, 1.807) is 0 Å². The van der Waals surface area contributed by atoms with Crippen LogP contribution in [0.3, 0.4) is 0 Å². The lowest BCUT2D eigenvalue weighted by Gasteiger charge is -2.41. The molecule has 21 heavy (non-hydrogen) atoms. The summed E-state index contributed by atoms with van der Waals surface area (Å²) >= 11 is 0. The van der Waals surface area contributed by atoms with Crippen LogP contribution in [0.15, 0.2) is 30.3 Å². The van der Waals surface area contributed by atoms with Gasteiger partial charge in [-0.05, 0) is 24.8 Å². The Kier molecular flexibility index (Phi) is 5.33. The predicted molar refractivity (Wildman–Crippen MR) is 77.7 cm³/mol. The molecule has 1 aliphatic rings. The van der Waals surface area contributed by atoms with Gasteiger partial charge in [0.05, 0.1) is 25.2 Å². The molecule has 1 aliphatic carbocycles. The Morgan fingerprint density at radius 1 is 1.24 bits per heavy atom. The lowest BCUT2D eigenvalue weighted by Crippen LogP contribution is -2.54. The second kappa shape index (κ2) is 7.22. The van der Waals surface area contributed by atoms with Gasteiger partial charge < -0.3 is 15.2 Å². The summed E-state index contributed by atoms with van der Waals surface area (Å²) in [6.45, 7) is 0.818. The highest BCUT2D eigenvalue weighted by Gasteiger charge is 2.40. The van der Waals surface area contributed by atoms with Crippen LogP contribution in [0.1, 0.15) is 37.7 Å². The molecule has 2 rings (SSSR count). The number of carboxylic acid groups (broad SMARTS) is 1. The summed E-state index contributed by atoms with van der Waals surface area (Å²) < 4.78 is 5.46. The predicted octanol–water partition coefficient (Wildman–Crippen LogP) is 2.11. The van der Waals surface area contributed by atoms with Crippen molar-refractivity contribution in [3.8, 4) is 0 Å². The molecule has 1 fully saturated rings. The fraction of sp³-hybridized carbons (Fsp3) is 0.500. The number of carbonyl (C=O) groups is 2. The van der Waals surface area contributed by atoms with Gasteiger partial charge in [0.25, 0.3) is 0 Å². The lowest BCUT2D eigenvalue weighted by atomic mass is 9.74. The van der Waals surface area contributed by atoms with Crippen molar-refractivity contribution in [1.29, 1.82) is 0 Å². The molecule has 0 aromatic heterocycles. The van der Waals surface area contributed by atoms with Crippen LogP contribution >= 0.6 is 0 Å². The Bertz CT molecular complexity index is 482. The fourth-order valence-electron chi connectivity index (χ4n) is 2.53. The van der Waals surface area contributed by atoms with Crippen molar-refractivity contribution in [2.75, 3.05) is 6.61 Å². The Morgan fingerprint density at radius 3 is 2.52 bits per heavy atom. The molecular weight excluding hydrogens is 270 g/mol. The average molecular weight is 291 g/mol. The summed E-state index contributed by atoms with van der Waals surface area (Å²) in [4.78, 5) is 22.7. The quantitative estimate of drug-likeness (QED) is 0.719. The molecule has 1 aromatic rings. The summed E-state index contributed by atoms with van der Waals surface area (Å²) in [5, 5.41) is 11.8. The van der Waals surface area contributed by atoms with E-state index in [1.165, 1.54) is 0 Å². The Hall–Kier alpha value is -1.88. The Morgan fingerprint density at radius 2 is 1.95 bits per heavy atom. The first-order valence-corrected chi connectivity index (χ1v) is 7.24. The maximum atomic E-state index is 11.9. The zero-order chi connectivity index (χ0) is 15.1. The maximum Gasteiger partial charge on any atom is 0.305 e. The Balaban J connectivity index is 1.66. The van der Waals surface area contributed by atoms with Gasteiger partial charge in [-0.15, -0.1) is 0 Å². The third-order valence-electron chi connectivity index (χ3n) is 3.79. The number of ether oxygens (including phenoxy) is 1. The van der Waals surface area contributed by atoms with Gasteiger partial charge in [0.2, 0.25) is 5.91 Å². The minimum Gasteiger partial charge on any atom is -0.481 e. The molecule has 1 saturated carbocycles. The molecule has 0 atom stereocenters. The summed E-state index contributed by atoms with van der Waals surface area (Å²) in [7, 11) is 0. The van der Waals surface area contributed by atoms with Gasteiger partial charge in [-0.1, -0.05) is 30.3 Å². The zero-order valence-electron chi connectivity index (χ0n) is 12.0. The van der Waals surface area contributed by atoms with E-state index in [0.29, 0.717) is 13.2 Å². The van der Waals surface area contributed by atoms with Crippen LogP contribution < -0.4 is 5.32 Å². The van der Waals surface area contributed by atoms with Crippen molar-refractivity contribution in [2.24, 2.45) is 0 Å². The third kappa shape index (κ3) is 4.86. The molecule has 0 aliphatic heterocycles. The molecule has 0 saturated heterocycles. The summed E-state index contributed by atoms with van der Waals surface area (Å²) in [5.74, 6) is -1.00. The highest BCUT2D eigenvalue weighted by molar-refractivity contribution is 5.78. The smallest absolute Gasteiger partial charge is 0.305 e.